The van der Waals surface area contributed by atoms with Crippen LogP contribution in [-0.4, -0.2) is 37.4 Å². The third-order valence-electron chi connectivity index (χ3n) is 4.55. The number of sulfone groups is 1. The molecule has 2 aromatic carbocycles. The van der Waals surface area contributed by atoms with Gasteiger partial charge in [0.1, 0.15) is 0 Å². The Hall–Kier alpha value is -1.58. The lowest BCUT2D eigenvalue weighted by atomic mass is 9.96. The van der Waals surface area contributed by atoms with Gasteiger partial charge >= 0.3 is 0 Å². The highest BCUT2D eigenvalue weighted by molar-refractivity contribution is 7.99. The van der Waals surface area contributed by atoms with Gasteiger partial charge < -0.3 is 5.32 Å². The van der Waals surface area contributed by atoms with E-state index in [1.165, 1.54) is 23.9 Å². The van der Waals surface area contributed by atoms with E-state index < -0.39 is 20.5 Å². The number of piperidine rings is 1. The summed E-state index contributed by atoms with van der Waals surface area (Å²) in [6, 6.07) is 16.3. The van der Waals surface area contributed by atoms with Crippen molar-refractivity contribution in [2.75, 3.05) is 13.1 Å². The number of rotatable bonds is 5. The summed E-state index contributed by atoms with van der Waals surface area (Å²) in [5, 5.41) is 12.1. The molecule has 2 aromatic rings. The van der Waals surface area contributed by atoms with Gasteiger partial charge in [0.2, 0.25) is 0 Å². The molecule has 146 valence electrons. The fourth-order valence-corrected chi connectivity index (χ4v) is 5.90. The van der Waals surface area contributed by atoms with Crippen LogP contribution in [0.25, 0.3) is 0 Å². The zero-order chi connectivity index (χ0) is 18.6. The zero-order valence-electron chi connectivity index (χ0n) is 14.4. The molecule has 1 aliphatic rings. The number of benzene rings is 2. The fraction of sp³-hybridized carbons (Fsp3) is 0.278. The smallest absolute Gasteiger partial charge is 0.265 e. The van der Waals surface area contributed by atoms with Crippen LogP contribution < -0.4 is 10.8 Å². The largest absolute Gasteiger partial charge is 0.317 e. The predicted octanol–water partition coefficient (Wildman–Crippen LogP) is 2.66. The SMILES string of the molecule is Cl.O=C(NO)C1(S(=O)(=O)c2ccc(Sc3ccccc3)cc2)CCNCC1. The number of halogens is 1. The first-order valence-corrected chi connectivity index (χ1v) is 10.5. The number of hydrogen-bond donors (Lipinski definition) is 3. The van der Waals surface area contributed by atoms with E-state index in [0.717, 1.165) is 9.79 Å². The molecule has 0 bridgehead atoms. The van der Waals surface area contributed by atoms with Crippen LogP contribution in [-0.2, 0) is 14.6 Å². The van der Waals surface area contributed by atoms with E-state index in [2.05, 4.69) is 5.32 Å². The van der Waals surface area contributed by atoms with E-state index in [4.69, 9.17) is 5.21 Å². The van der Waals surface area contributed by atoms with Crippen molar-refractivity contribution in [2.45, 2.75) is 32.3 Å². The van der Waals surface area contributed by atoms with Gasteiger partial charge in [0.25, 0.3) is 5.91 Å². The highest BCUT2D eigenvalue weighted by Gasteiger charge is 2.51. The second-order valence-electron chi connectivity index (χ2n) is 6.08. The summed E-state index contributed by atoms with van der Waals surface area (Å²) in [7, 11) is -3.95. The first-order chi connectivity index (χ1) is 12.5. The summed E-state index contributed by atoms with van der Waals surface area (Å²) in [4.78, 5) is 14.3. The van der Waals surface area contributed by atoms with Crippen LogP contribution in [0.2, 0.25) is 0 Å². The summed E-state index contributed by atoms with van der Waals surface area (Å²) in [5.41, 5.74) is 1.55. The second-order valence-corrected chi connectivity index (χ2v) is 9.48. The van der Waals surface area contributed by atoms with Crippen LogP contribution in [0, 0.1) is 0 Å². The molecule has 1 fully saturated rings. The van der Waals surface area contributed by atoms with Gasteiger partial charge in [-0.15, -0.1) is 12.4 Å². The lowest BCUT2D eigenvalue weighted by Gasteiger charge is -2.34. The van der Waals surface area contributed by atoms with Crippen LogP contribution in [0.1, 0.15) is 12.8 Å². The Morgan fingerprint density at radius 1 is 1.00 bits per heavy atom. The van der Waals surface area contributed by atoms with E-state index in [1.54, 1.807) is 17.6 Å². The van der Waals surface area contributed by atoms with Crippen LogP contribution in [0.4, 0.5) is 0 Å². The van der Waals surface area contributed by atoms with Gasteiger partial charge in [0, 0.05) is 9.79 Å². The van der Waals surface area contributed by atoms with Crippen LogP contribution in [0.5, 0.6) is 0 Å². The first kappa shape index (κ1) is 21.7. The average Bonchev–Trinajstić information content (AvgIpc) is 2.69. The number of hydrogen-bond acceptors (Lipinski definition) is 6. The molecule has 0 radical (unpaired) electrons. The number of carbonyl (C=O) groups is 1. The summed E-state index contributed by atoms with van der Waals surface area (Å²) in [6.45, 7) is 0.795. The Kier molecular flexibility index (Phi) is 7.30. The molecule has 3 rings (SSSR count). The molecule has 0 atom stereocenters. The van der Waals surface area contributed by atoms with Gasteiger partial charge in [-0.25, -0.2) is 13.9 Å². The van der Waals surface area contributed by atoms with E-state index in [1.807, 2.05) is 30.3 Å². The predicted molar refractivity (Wildman–Crippen MR) is 106 cm³/mol. The Balaban J connectivity index is 0.00000261. The Bertz CT molecular complexity index is 868. The summed E-state index contributed by atoms with van der Waals surface area (Å²) < 4.78 is 24.7. The highest BCUT2D eigenvalue weighted by atomic mass is 35.5. The molecular formula is C18H21ClN2O4S2. The number of carbonyl (C=O) groups excluding carboxylic acids is 1. The Morgan fingerprint density at radius 2 is 1.56 bits per heavy atom. The van der Waals surface area contributed by atoms with Gasteiger partial charge in [0.05, 0.1) is 4.90 Å². The van der Waals surface area contributed by atoms with Gasteiger partial charge in [-0.2, -0.15) is 0 Å². The molecule has 0 aliphatic carbocycles. The van der Waals surface area contributed by atoms with Crippen molar-refractivity contribution >= 4 is 39.9 Å². The van der Waals surface area contributed by atoms with Crippen molar-refractivity contribution in [3.8, 4) is 0 Å². The summed E-state index contributed by atoms with van der Waals surface area (Å²) in [5.74, 6) is -0.873. The molecule has 1 saturated heterocycles. The minimum absolute atomic E-state index is 0. The average molecular weight is 429 g/mol. The van der Waals surface area contributed by atoms with Crippen molar-refractivity contribution in [3.05, 3.63) is 54.6 Å². The van der Waals surface area contributed by atoms with E-state index >= 15 is 0 Å². The molecule has 0 saturated carbocycles. The van der Waals surface area contributed by atoms with Crippen molar-refractivity contribution in [3.63, 3.8) is 0 Å². The van der Waals surface area contributed by atoms with Crippen molar-refractivity contribution in [1.82, 2.24) is 10.8 Å². The molecule has 0 aromatic heterocycles. The minimum atomic E-state index is -3.95. The fourth-order valence-electron chi connectivity index (χ4n) is 3.09. The molecule has 1 amide bonds. The third kappa shape index (κ3) is 4.30. The molecular weight excluding hydrogens is 408 g/mol. The zero-order valence-corrected chi connectivity index (χ0v) is 16.9. The van der Waals surface area contributed by atoms with Gasteiger partial charge in [-0.3, -0.25) is 10.0 Å². The maximum absolute atomic E-state index is 13.2. The summed E-state index contributed by atoms with van der Waals surface area (Å²) in [6.07, 6.45) is 0.227. The maximum Gasteiger partial charge on any atom is 0.265 e. The molecule has 1 aliphatic heterocycles. The van der Waals surface area contributed by atoms with Crippen molar-refractivity contribution in [2.24, 2.45) is 0 Å². The number of hydroxylamine groups is 1. The number of nitrogens with one attached hydrogen (secondary N) is 2. The Morgan fingerprint density at radius 3 is 2.11 bits per heavy atom. The minimum Gasteiger partial charge on any atom is -0.317 e. The molecule has 27 heavy (non-hydrogen) atoms. The van der Waals surface area contributed by atoms with Crippen molar-refractivity contribution in [1.29, 1.82) is 0 Å². The quantitative estimate of drug-likeness (QED) is 0.500. The molecule has 6 nitrogen and oxygen atoms in total. The maximum atomic E-state index is 13.2. The van der Waals surface area contributed by atoms with E-state index in [-0.39, 0.29) is 30.1 Å². The molecule has 1 heterocycles. The van der Waals surface area contributed by atoms with Crippen molar-refractivity contribution < 1.29 is 18.4 Å². The standard InChI is InChI=1S/C18H20N2O4S2.ClH/c21-17(20-22)18(10-12-19-13-11-18)26(23,24)16-8-6-15(7-9-16)25-14-4-2-1-3-5-14;/h1-9,19,22H,10-13H2,(H,20,21);1H. The first-order valence-electron chi connectivity index (χ1n) is 8.22. The Labute approximate surface area is 169 Å². The second kappa shape index (κ2) is 9.07. The van der Waals surface area contributed by atoms with Gasteiger partial charge in [0.15, 0.2) is 14.6 Å². The van der Waals surface area contributed by atoms with Crippen LogP contribution in [0.3, 0.4) is 0 Å². The molecule has 9 heteroatoms. The third-order valence-corrected chi connectivity index (χ3v) is 8.08. The highest BCUT2D eigenvalue weighted by Crippen LogP contribution is 2.35. The topological polar surface area (TPSA) is 95.5 Å². The van der Waals surface area contributed by atoms with Crippen LogP contribution in [0.15, 0.2) is 69.3 Å². The lowest BCUT2D eigenvalue weighted by Crippen LogP contribution is -2.57. The molecule has 0 unspecified atom stereocenters. The lowest BCUT2D eigenvalue weighted by molar-refractivity contribution is -0.132. The summed E-state index contributed by atoms with van der Waals surface area (Å²) >= 11 is 1.53. The van der Waals surface area contributed by atoms with Gasteiger partial charge in [-0.05, 0) is 62.3 Å². The molecule has 0 spiro atoms. The van der Waals surface area contributed by atoms with E-state index in [9.17, 15) is 13.2 Å². The van der Waals surface area contributed by atoms with Gasteiger partial charge in [-0.1, -0.05) is 30.0 Å². The molecule has 3 N–H and O–H groups in total. The van der Waals surface area contributed by atoms with Crippen LogP contribution >= 0.6 is 24.2 Å². The van der Waals surface area contributed by atoms with E-state index in [0.29, 0.717) is 13.1 Å². The number of amides is 1. The monoisotopic (exact) mass is 428 g/mol. The normalized spacial score (nSPS) is 16.2.